The highest BCUT2D eigenvalue weighted by atomic mass is 15.0. The van der Waals surface area contributed by atoms with Crippen LogP contribution in [0.15, 0.2) is 134 Å². The summed E-state index contributed by atoms with van der Waals surface area (Å²) in [6, 6.07) is 46.5. The van der Waals surface area contributed by atoms with Gasteiger partial charge in [0.05, 0.1) is 28.2 Å². The third-order valence-corrected chi connectivity index (χ3v) is 7.76. The first-order chi connectivity index (χ1) is 19.8. The molecule has 0 N–H and O–H groups in total. The Hall–Kier alpha value is -5.66. The van der Waals surface area contributed by atoms with Gasteiger partial charge in [-0.05, 0) is 71.8 Å². The molecule has 3 heterocycles. The van der Waals surface area contributed by atoms with Gasteiger partial charge in [0, 0.05) is 39.1 Å². The lowest BCUT2D eigenvalue weighted by Crippen LogP contribution is -1.98. The van der Waals surface area contributed by atoms with Crippen molar-refractivity contribution in [2.24, 2.45) is 0 Å². The number of aromatic nitrogens is 3. The normalized spacial score (nSPS) is 11.5. The van der Waals surface area contributed by atoms with Crippen molar-refractivity contribution in [1.82, 2.24) is 14.1 Å². The molecule has 4 nitrogen and oxygen atoms in total. The summed E-state index contributed by atoms with van der Waals surface area (Å²) < 4.78 is 4.48. The summed E-state index contributed by atoms with van der Waals surface area (Å²) in [4.78, 5) is 4.74. The van der Waals surface area contributed by atoms with E-state index in [4.69, 9.17) is 4.98 Å². The van der Waals surface area contributed by atoms with Crippen molar-refractivity contribution >= 4 is 43.7 Å². The fourth-order valence-corrected chi connectivity index (χ4v) is 6.05. The first-order valence-electron chi connectivity index (χ1n) is 13.3. The van der Waals surface area contributed by atoms with Crippen molar-refractivity contribution in [3.8, 4) is 28.6 Å². The van der Waals surface area contributed by atoms with Crippen molar-refractivity contribution in [2.75, 3.05) is 0 Å². The van der Waals surface area contributed by atoms with Crippen LogP contribution in [-0.2, 0) is 0 Å². The molecule has 0 saturated carbocycles. The zero-order valence-electron chi connectivity index (χ0n) is 21.5. The van der Waals surface area contributed by atoms with Gasteiger partial charge >= 0.3 is 0 Å². The Morgan fingerprint density at radius 1 is 0.500 bits per heavy atom. The second-order valence-corrected chi connectivity index (χ2v) is 10.0. The minimum Gasteiger partial charge on any atom is -0.309 e. The molecular formula is C36H22N4. The van der Waals surface area contributed by atoms with E-state index in [1.165, 1.54) is 21.8 Å². The molecule has 8 aromatic rings. The maximum absolute atomic E-state index is 10.0. The Morgan fingerprint density at radius 3 is 1.80 bits per heavy atom. The van der Waals surface area contributed by atoms with Crippen molar-refractivity contribution in [1.29, 1.82) is 5.26 Å². The second-order valence-electron chi connectivity index (χ2n) is 10.0. The van der Waals surface area contributed by atoms with Crippen LogP contribution in [0.4, 0.5) is 0 Å². The quantitative estimate of drug-likeness (QED) is 0.238. The van der Waals surface area contributed by atoms with Crippen LogP contribution in [0.25, 0.3) is 66.2 Å². The fraction of sp³-hybridized carbons (Fsp3) is 0. The summed E-state index contributed by atoms with van der Waals surface area (Å²) in [7, 11) is 0. The van der Waals surface area contributed by atoms with E-state index in [9.17, 15) is 5.26 Å². The SMILES string of the molecule is N#Cc1cc(-c2cccc(-n3c4ccccc4c4ccccc43)c2)cc(-n2c3ccccc3c3cccnc32)c1. The molecule has 0 radical (unpaired) electrons. The predicted octanol–water partition coefficient (Wildman–Crippen LogP) is 8.81. The predicted molar refractivity (Wildman–Crippen MR) is 163 cm³/mol. The molecule has 0 aliphatic heterocycles. The number of hydrogen-bond acceptors (Lipinski definition) is 2. The molecule has 4 heteroatoms. The number of nitriles is 1. The number of hydrogen-bond donors (Lipinski definition) is 0. The minimum atomic E-state index is 0.608. The molecule has 40 heavy (non-hydrogen) atoms. The lowest BCUT2D eigenvalue weighted by Gasteiger charge is -2.13. The molecule has 0 aliphatic rings. The summed E-state index contributed by atoms with van der Waals surface area (Å²) in [5.74, 6) is 0. The lowest BCUT2D eigenvalue weighted by atomic mass is 10.0. The van der Waals surface area contributed by atoms with E-state index in [0.717, 1.165) is 44.4 Å². The molecule has 0 spiro atoms. The van der Waals surface area contributed by atoms with E-state index < -0.39 is 0 Å². The number of fused-ring (bicyclic) bond motifs is 6. The summed E-state index contributed by atoms with van der Waals surface area (Å²) in [6.45, 7) is 0. The van der Waals surface area contributed by atoms with E-state index in [1.54, 1.807) is 0 Å². The Morgan fingerprint density at radius 2 is 1.10 bits per heavy atom. The molecule has 0 aliphatic carbocycles. The standard InChI is InChI=1S/C36H22N4/c37-23-24-19-26(22-28(20-24)40-35-17-6-3-13-31(35)32-14-8-18-38-36(32)40)25-9-7-10-27(21-25)39-33-15-4-1-11-29(33)30-12-2-5-16-34(30)39/h1-22H. The zero-order chi connectivity index (χ0) is 26.6. The molecule has 0 unspecified atom stereocenters. The molecule has 186 valence electrons. The maximum Gasteiger partial charge on any atom is 0.145 e. The van der Waals surface area contributed by atoms with Gasteiger partial charge in [0.1, 0.15) is 5.65 Å². The smallest absolute Gasteiger partial charge is 0.145 e. The van der Waals surface area contributed by atoms with Crippen LogP contribution in [0.2, 0.25) is 0 Å². The monoisotopic (exact) mass is 510 g/mol. The molecular weight excluding hydrogens is 488 g/mol. The average molecular weight is 511 g/mol. The largest absolute Gasteiger partial charge is 0.309 e. The van der Waals surface area contributed by atoms with Gasteiger partial charge in [-0.1, -0.05) is 66.7 Å². The van der Waals surface area contributed by atoms with Gasteiger partial charge in [-0.2, -0.15) is 5.26 Å². The Kier molecular flexibility index (Phi) is 4.85. The van der Waals surface area contributed by atoms with Crippen LogP contribution >= 0.6 is 0 Å². The number of nitrogens with zero attached hydrogens (tertiary/aromatic N) is 4. The third kappa shape index (κ3) is 3.28. The molecule has 5 aromatic carbocycles. The number of rotatable bonds is 3. The van der Waals surface area contributed by atoms with Gasteiger partial charge in [-0.15, -0.1) is 0 Å². The summed E-state index contributed by atoms with van der Waals surface area (Å²) in [5.41, 5.74) is 8.92. The summed E-state index contributed by atoms with van der Waals surface area (Å²) in [5, 5.41) is 14.7. The van der Waals surface area contributed by atoms with Crippen molar-refractivity contribution in [2.45, 2.75) is 0 Å². The topological polar surface area (TPSA) is 46.5 Å². The van der Waals surface area contributed by atoms with Crippen LogP contribution in [-0.4, -0.2) is 14.1 Å². The highest BCUT2D eigenvalue weighted by Crippen LogP contribution is 2.35. The zero-order valence-corrected chi connectivity index (χ0v) is 21.5. The Labute approximate surface area is 230 Å². The van der Waals surface area contributed by atoms with E-state index >= 15 is 0 Å². The Bertz CT molecular complexity index is 2190. The number of pyridine rings is 1. The first-order valence-corrected chi connectivity index (χ1v) is 13.3. The Balaban J connectivity index is 1.36. The van der Waals surface area contributed by atoms with Crippen LogP contribution < -0.4 is 0 Å². The molecule has 0 amide bonds. The van der Waals surface area contributed by atoms with Gasteiger partial charge < -0.3 is 4.57 Å². The second kappa shape index (κ2) is 8.69. The summed E-state index contributed by atoms with van der Waals surface area (Å²) >= 11 is 0. The lowest BCUT2D eigenvalue weighted by molar-refractivity contribution is 1.13. The van der Waals surface area contributed by atoms with Crippen LogP contribution in [0.1, 0.15) is 5.56 Å². The molecule has 0 atom stereocenters. The molecule has 8 rings (SSSR count). The molecule has 0 bridgehead atoms. The van der Waals surface area contributed by atoms with E-state index in [1.807, 2.05) is 30.5 Å². The maximum atomic E-state index is 10.0. The third-order valence-electron chi connectivity index (χ3n) is 7.76. The van der Waals surface area contributed by atoms with Crippen LogP contribution in [0.3, 0.4) is 0 Å². The summed E-state index contributed by atoms with van der Waals surface area (Å²) in [6.07, 6.45) is 1.82. The van der Waals surface area contributed by atoms with Gasteiger partial charge in [-0.25, -0.2) is 4.98 Å². The van der Waals surface area contributed by atoms with Gasteiger partial charge in [-0.3, -0.25) is 4.57 Å². The van der Waals surface area contributed by atoms with Gasteiger partial charge in [0.15, 0.2) is 0 Å². The van der Waals surface area contributed by atoms with Crippen LogP contribution in [0, 0.1) is 11.3 Å². The van der Waals surface area contributed by atoms with E-state index in [0.29, 0.717) is 5.56 Å². The fourth-order valence-electron chi connectivity index (χ4n) is 6.05. The van der Waals surface area contributed by atoms with Crippen molar-refractivity contribution < 1.29 is 0 Å². The van der Waals surface area contributed by atoms with Crippen LogP contribution in [0.5, 0.6) is 0 Å². The highest BCUT2D eigenvalue weighted by molar-refractivity contribution is 6.09. The molecule has 3 aromatic heterocycles. The molecule has 0 saturated heterocycles. The first kappa shape index (κ1) is 22.3. The minimum absolute atomic E-state index is 0.608. The number of para-hydroxylation sites is 3. The van der Waals surface area contributed by atoms with E-state index in [-0.39, 0.29) is 0 Å². The number of benzene rings is 5. The van der Waals surface area contributed by atoms with Gasteiger partial charge in [0.2, 0.25) is 0 Å². The van der Waals surface area contributed by atoms with Crippen molar-refractivity contribution in [3.63, 3.8) is 0 Å². The van der Waals surface area contributed by atoms with Gasteiger partial charge in [0.25, 0.3) is 0 Å². The van der Waals surface area contributed by atoms with E-state index in [2.05, 4.69) is 118 Å². The average Bonchev–Trinajstić information content (AvgIpc) is 3.54. The highest BCUT2D eigenvalue weighted by Gasteiger charge is 2.16. The van der Waals surface area contributed by atoms with Crippen molar-refractivity contribution in [3.05, 3.63) is 139 Å². The molecule has 0 fully saturated rings.